The van der Waals surface area contributed by atoms with Crippen molar-refractivity contribution in [2.75, 3.05) is 13.2 Å². The van der Waals surface area contributed by atoms with E-state index in [0.717, 1.165) is 0 Å². The number of primary amides is 1. The molecular formula is C20H22ClFN2O8P+. The van der Waals surface area contributed by atoms with E-state index >= 15 is 0 Å². The van der Waals surface area contributed by atoms with E-state index in [1.165, 1.54) is 47.3 Å². The predicted molar refractivity (Wildman–Crippen MR) is 110 cm³/mol. The Bertz CT molecular complexity index is 1090. The Kier molecular flexibility index (Phi) is 7.13. The van der Waals surface area contributed by atoms with Gasteiger partial charge in [0.2, 0.25) is 0 Å². The van der Waals surface area contributed by atoms with Crippen molar-refractivity contribution in [1.29, 1.82) is 0 Å². The lowest BCUT2D eigenvalue weighted by Crippen LogP contribution is -2.46. The number of halogens is 2. The van der Waals surface area contributed by atoms with Crippen LogP contribution in [0.1, 0.15) is 34.7 Å². The van der Waals surface area contributed by atoms with Crippen LogP contribution in [0.2, 0.25) is 5.02 Å². The first kappa shape index (κ1) is 24.2. The minimum Gasteiger partial charge on any atom is -0.387 e. The Hall–Kier alpha value is -1.95. The molecule has 178 valence electrons. The number of carbonyl (C=O) groups excluding carboxylic acids is 1. The normalized spacial score (nSPS) is 32.1. The first-order chi connectivity index (χ1) is 15.7. The number of benzene rings is 1. The summed E-state index contributed by atoms with van der Waals surface area (Å²) in [7, 11) is -4.05. The lowest BCUT2D eigenvalue weighted by Gasteiger charge is -2.29. The number of hydrogen-bond acceptors (Lipinski definition) is 8. The number of nitrogens with two attached hydrogens (primary N) is 1. The van der Waals surface area contributed by atoms with Crippen LogP contribution >= 0.6 is 19.4 Å². The molecule has 13 heteroatoms. The minimum absolute atomic E-state index is 0.0476. The lowest BCUT2D eigenvalue weighted by atomic mass is 10.1. The summed E-state index contributed by atoms with van der Waals surface area (Å²) in [6, 6.07) is 7.04. The van der Waals surface area contributed by atoms with Crippen LogP contribution in [0.15, 0.2) is 42.7 Å². The highest BCUT2D eigenvalue weighted by atomic mass is 35.5. The minimum atomic E-state index is -4.05. The van der Waals surface area contributed by atoms with Crippen LogP contribution in [0.4, 0.5) is 4.39 Å². The Balaban J connectivity index is 1.41. The molecule has 0 radical (unpaired) electrons. The number of aromatic nitrogens is 1. The molecule has 2 aliphatic heterocycles. The number of carbonyl (C=O) groups is 1. The van der Waals surface area contributed by atoms with Gasteiger partial charge in [-0.1, -0.05) is 17.7 Å². The number of aliphatic hydroxyl groups is 2. The molecule has 1 amide bonds. The van der Waals surface area contributed by atoms with Crippen molar-refractivity contribution in [2.45, 2.75) is 37.1 Å². The Labute approximate surface area is 193 Å². The van der Waals surface area contributed by atoms with E-state index in [4.69, 9.17) is 35.6 Å². The number of nitrogens with zero attached hydrogens (tertiary/aromatic N) is 1. The van der Waals surface area contributed by atoms with Gasteiger partial charge in [0.25, 0.3) is 12.1 Å². The molecule has 2 fully saturated rings. The van der Waals surface area contributed by atoms with Crippen LogP contribution < -0.4 is 10.3 Å². The molecule has 4 unspecified atom stereocenters. The highest BCUT2D eigenvalue weighted by Crippen LogP contribution is 2.57. The molecule has 0 aliphatic carbocycles. The van der Waals surface area contributed by atoms with Crippen molar-refractivity contribution >= 4 is 25.3 Å². The molecule has 2 saturated heterocycles. The Morgan fingerprint density at radius 1 is 1.33 bits per heavy atom. The molecule has 0 bridgehead atoms. The second kappa shape index (κ2) is 9.73. The Morgan fingerprint density at radius 3 is 2.85 bits per heavy atom. The maximum Gasteiger partial charge on any atom is 0.475 e. The number of phosphoric acid groups is 1. The van der Waals surface area contributed by atoms with Crippen LogP contribution in [-0.2, 0) is 22.9 Å². The predicted octanol–water partition coefficient (Wildman–Crippen LogP) is 1.79. The first-order valence-electron chi connectivity index (χ1n) is 10.0. The van der Waals surface area contributed by atoms with Gasteiger partial charge >= 0.3 is 7.82 Å². The fraction of sp³-hybridized carbons (Fsp3) is 0.400. The van der Waals surface area contributed by atoms with Gasteiger partial charge in [-0.05, 0) is 23.8 Å². The number of amides is 1. The van der Waals surface area contributed by atoms with Crippen LogP contribution in [0.25, 0.3) is 0 Å². The lowest BCUT2D eigenvalue weighted by molar-refractivity contribution is -0.765. The molecule has 2 aliphatic rings. The molecule has 3 heterocycles. The quantitative estimate of drug-likeness (QED) is 0.400. The van der Waals surface area contributed by atoms with Gasteiger partial charge < -0.3 is 20.7 Å². The van der Waals surface area contributed by atoms with Gasteiger partial charge in [-0.15, -0.1) is 0 Å². The average Bonchev–Trinajstić information content (AvgIpc) is 3.08. The standard InChI is InChI=1S/C20H21ClFN2O8P/c21-13-8-11(3-4-14(13)22)15-5-7-29-33(28,32-15)30-10-16-17(25)18(26)20(31-16)24-6-1-2-12(9-24)19(23)27/h1-4,6,8-9,15-18,20,25-26H,5,7,10H2,(H-,23,27)/p+1/t15?,16?,17-,18-,20?,33?/m1/s1. The third kappa shape index (κ3) is 5.26. The van der Waals surface area contributed by atoms with Gasteiger partial charge in [-0.3, -0.25) is 18.4 Å². The van der Waals surface area contributed by atoms with E-state index in [9.17, 15) is 24.0 Å². The number of phosphoric ester groups is 1. The number of aliphatic hydroxyl groups excluding tert-OH is 2. The molecular weight excluding hydrogens is 482 g/mol. The zero-order valence-electron chi connectivity index (χ0n) is 17.1. The molecule has 2 aromatic rings. The molecule has 1 aromatic carbocycles. The summed E-state index contributed by atoms with van der Waals surface area (Å²) in [4.78, 5) is 11.4. The third-order valence-electron chi connectivity index (χ3n) is 5.34. The molecule has 0 spiro atoms. The van der Waals surface area contributed by atoms with Crippen LogP contribution in [-0.4, -0.2) is 47.6 Å². The topological polar surface area (TPSA) is 141 Å². The molecule has 33 heavy (non-hydrogen) atoms. The molecule has 4 N–H and O–H groups in total. The SMILES string of the molecule is NC(=O)c1ccc[n+](C2OC(COP3(=O)OCCC(c4ccc(F)c(Cl)c4)O3)[C@@H](O)[C@H]2O)c1. The third-order valence-corrected chi connectivity index (χ3v) is 7.10. The van der Waals surface area contributed by atoms with Crippen molar-refractivity contribution in [2.24, 2.45) is 5.73 Å². The second-order valence-electron chi connectivity index (χ2n) is 7.58. The number of hydrogen-bond donors (Lipinski definition) is 3. The fourth-order valence-corrected chi connectivity index (χ4v) is 5.18. The van der Waals surface area contributed by atoms with Crippen molar-refractivity contribution in [3.8, 4) is 0 Å². The second-order valence-corrected chi connectivity index (χ2v) is 9.61. The molecule has 1 aromatic heterocycles. The smallest absolute Gasteiger partial charge is 0.387 e. The van der Waals surface area contributed by atoms with Gasteiger partial charge in [0, 0.05) is 12.5 Å². The van der Waals surface area contributed by atoms with Crippen molar-refractivity contribution in [3.63, 3.8) is 0 Å². The van der Waals surface area contributed by atoms with Crippen molar-refractivity contribution < 1.29 is 46.8 Å². The van der Waals surface area contributed by atoms with E-state index in [0.29, 0.717) is 12.0 Å². The zero-order chi connectivity index (χ0) is 23.8. The summed E-state index contributed by atoms with van der Waals surface area (Å²) in [6.45, 7) is -0.370. The summed E-state index contributed by atoms with van der Waals surface area (Å²) in [5, 5.41) is 20.7. The van der Waals surface area contributed by atoms with E-state index in [-0.39, 0.29) is 17.2 Å². The maximum atomic E-state index is 13.4. The highest BCUT2D eigenvalue weighted by Gasteiger charge is 2.49. The first-order valence-corrected chi connectivity index (χ1v) is 11.9. The largest absolute Gasteiger partial charge is 0.475 e. The van der Waals surface area contributed by atoms with E-state index in [1.807, 2.05) is 0 Å². The number of ether oxygens (including phenoxy) is 1. The summed E-state index contributed by atoms with van der Waals surface area (Å²) >= 11 is 5.81. The van der Waals surface area contributed by atoms with Gasteiger partial charge in [-0.25, -0.2) is 8.96 Å². The molecule has 6 atom stereocenters. The van der Waals surface area contributed by atoms with E-state index in [2.05, 4.69) is 0 Å². The van der Waals surface area contributed by atoms with Crippen LogP contribution in [0, 0.1) is 5.82 Å². The van der Waals surface area contributed by atoms with Crippen LogP contribution in [0.5, 0.6) is 0 Å². The molecule has 0 saturated carbocycles. The van der Waals surface area contributed by atoms with Crippen molar-refractivity contribution in [1.82, 2.24) is 0 Å². The summed E-state index contributed by atoms with van der Waals surface area (Å²) in [5.74, 6) is -1.26. The van der Waals surface area contributed by atoms with Gasteiger partial charge in [-0.2, -0.15) is 4.57 Å². The van der Waals surface area contributed by atoms with E-state index < -0.39 is 56.8 Å². The summed E-state index contributed by atoms with van der Waals surface area (Å²) < 4.78 is 49.5. The summed E-state index contributed by atoms with van der Waals surface area (Å²) in [5.41, 5.74) is 5.96. The van der Waals surface area contributed by atoms with Gasteiger partial charge in [0.1, 0.15) is 23.6 Å². The fourth-order valence-electron chi connectivity index (χ4n) is 3.59. The zero-order valence-corrected chi connectivity index (χ0v) is 18.8. The monoisotopic (exact) mass is 503 g/mol. The van der Waals surface area contributed by atoms with Gasteiger partial charge in [0.15, 0.2) is 18.5 Å². The molecule has 10 nitrogen and oxygen atoms in total. The molecule has 4 rings (SSSR count). The highest BCUT2D eigenvalue weighted by molar-refractivity contribution is 7.48. The number of rotatable bonds is 6. The maximum absolute atomic E-state index is 13.4. The summed E-state index contributed by atoms with van der Waals surface area (Å²) in [6.07, 6.45) is -2.33. The Morgan fingerprint density at radius 2 is 2.12 bits per heavy atom. The average molecular weight is 504 g/mol. The number of pyridine rings is 1. The van der Waals surface area contributed by atoms with E-state index in [1.54, 1.807) is 0 Å². The van der Waals surface area contributed by atoms with Crippen molar-refractivity contribution in [3.05, 3.63) is 64.7 Å². The van der Waals surface area contributed by atoms with Crippen LogP contribution in [0.3, 0.4) is 0 Å². The van der Waals surface area contributed by atoms with Gasteiger partial charge in [0.05, 0.1) is 24.3 Å².